The van der Waals surface area contributed by atoms with E-state index in [1.165, 1.54) is 19.3 Å². The normalized spacial score (nSPS) is 34.7. The predicted molar refractivity (Wildman–Crippen MR) is 88.4 cm³/mol. The highest BCUT2D eigenvalue weighted by atomic mass is 16.7. The molecule has 4 rings (SSSR count). The summed E-state index contributed by atoms with van der Waals surface area (Å²) in [6.07, 6.45) is 6.89. The summed E-state index contributed by atoms with van der Waals surface area (Å²) in [5, 5.41) is 11.0. The Morgan fingerprint density at radius 2 is 1.75 bits per heavy atom. The Kier molecular flexibility index (Phi) is 4.58. The van der Waals surface area contributed by atoms with E-state index in [4.69, 9.17) is 9.47 Å². The van der Waals surface area contributed by atoms with E-state index in [0.717, 1.165) is 45.4 Å². The molecule has 3 saturated heterocycles. The molecular weight excluding hydrogens is 308 g/mol. The van der Waals surface area contributed by atoms with Crippen molar-refractivity contribution in [2.45, 2.75) is 56.3 Å². The monoisotopic (exact) mass is 338 g/mol. The number of amides is 1. The van der Waals surface area contributed by atoms with Gasteiger partial charge in [-0.15, -0.1) is 0 Å². The molecule has 6 nitrogen and oxygen atoms in total. The van der Waals surface area contributed by atoms with Gasteiger partial charge in [-0.2, -0.15) is 0 Å². The van der Waals surface area contributed by atoms with Crippen LogP contribution in [0.2, 0.25) is 0 Å². The second kappa shape index (κ2) is 6.56. The zero-order chi connectivity index (χ0) is 16.6. The SMILES string of the molecule is O=C1N(CC2CCC2)CCCC1(O)CN1CCC2(CC1)OCCO2. The van der Waals surface area contributed by atoms with Crippen LogP contribution in [0.25, 0.3) is 0 Å². The Bertz CT molecular complexity index is 466. The summed E-state index contributed by atoms with van der Waals surface area (Å²) >= 11 is 0. The molecule has 1 saturated carbocycles. The number of aliphatic hydroxyl groups is 1. The fourth-order valence-corrected chi connectivity index (χ4v) is 4.58. The Morgan fingerprint density at radius 3 is 2.38 bits per heavy atom. The van der Waals surface area contributed by atoms with Crippen molar-refractivity contribution in [3.8, 4) is 0 Å². The van der Waals surface area contributed by atoms with Crippen molar-refractivity contribution in [3.63, 3.8) is 0 Å². The summed E-state index contributed by atoms with van der Waals surface area (Å²) in [5.41, 5.74) is -1.20. The highest BCUT2D eigenvalue weighted by Crippen LogP contribution is 2.34. The number of carbonyl (C=O) groups is 1. The van der Waals surface area contributed by atoms with Gasteiger partial charge < -0.3 is 19.5 Å². The van der Waals surface area contributed by atoms with Crippen molar-refractivity contribution >= 4 is 5.91 Å². The minimum absolute atomic E-state index is 0.0469. The molecule has 0 aromatic rings. The first-order valence-electron chi connectivity index (χ1n) is 9.61. The molecule has 3 heterocycles. The van der Waals surface area contributed by atoms with Crippen molar-refractivity contribution in [2.75, 3.05) is 45.9 Å². The number of β-amino-alcohol motifs (C(OH)–C–C–N with tert-alkyl or cyclic N) is 1. The first-order chi connectivity index (χ1) is 11.6. The molecule has 4 aliphatic rings. The van der Waals surface area contributed by atoms with Crippen molar-refractivity contribution in [2.24, 2.45) is 5.92 Å². The molecule has 136 valence electrons. The lowest BCUT2D eigenvalue weighted by Crippen LogP contribution is -2.60. The highest BCUT2D eigenvalue weighted by molar-refractivity contribution is 5.86. The van der Waals surface area contributed by atoms with Gasteiger partial charge in [0.25, 0.3) is 5.91 Å². The first kappa shape index (κ1) is 16.8. The molecule has 4 fully saturated rings. The van der Waals surface area contributed by atoms with Crippen LogP contribution >= 0.6 is 0 Å². The Hall–Kier alpha value is -0.690. The van der Waals surface area contributed by atoms with E-state index in [1.807, 2.05) is 4.90 Å². The van der Waals surface area contributed by atoms with Gasteiger partial charge in [0.1, 0.15) is 0 Å². The summed E-state index contributed by atoms with van der Waals surface area (Å²) in [6.45, 7) is 5.09. The fraction of sp³-hybridized carbons (Fsp3) is 0.944. The molecule has 6 heteroatoms. The van der Waals surface area contributed by atoms with Crippen LogP contribution in [-0.2, 0) is 14.3 Å². The van der Waals surface area contributed by atoms with Gasteiger partial charge >= 0.3 is 0 Å². The molecule has 0 radical (unpaired) electrons. The third-order valence-electron chi connectivity index (χ3n) is 6.32. The standard InChI is InChI=1S/C18H30N2O4/c21-16-17(22,5-2-8-20(16)13-15-3-1-4-15)14-19-9-6-18(7-10-19)23-11-12-24-18/h15,22H,1-14H2. The summed E-state index contributed by atoms with van der Waals surface area (Å²) < 4.78 is 11.5. The van der Waals surface area contributed by atoms with Gasteiger partial charge in [0.05, 0.1) is 13.2 Å². The molecule has 1 aliphatic carbocycles. The van der Waals surface area contributed by atoms with Gasteiger partial charge in [0.15, 0.2) is 11.4 Å². The van der Waals surface area contributed by atoms with Gasteiger partial charge in [-0.05, 0) is 31.6 Å². The topological polar surface area (TPSA) is 62.2 Å². The van der Waals surface area contributed by atoms with Crippen molar-refractivity contribution in [3.05, 3.63) is 0 Å². The van der Waals surface area contributed by atoms with E-state index in [-0.39, 0.29) is 5.91 Å². The number of carbonyl (C=O) groups excluding carboxylic acids is 1. The van der Waals surface area contributed by atoms with E-state index in [2.05, 4.69) is 4.90 Å². The van der Waals surface area contributed by atoms with E-state index >= 15 is 0 Å². The van der Waals surface area contributed by atoms with Crippen LogP contribution in [0.3, 0.4) is 0 Å². The van der Waals surface area contributed by atoms with Crippen LogP contribution in [0, 0.1) is 5.92 Å². The predicted octanol–water partition coefficient (Wildman–Crippen LogP) is 0.979. The maximum absolute atomic E-state index is 12.8. The van der Waals surface area contributed by atoms with Gasteiger partial charge in [0, 0.05) is 45.6 Å². The summed E-state index contributed by atoms with van der Waals surface area (Å²) in [6, 6.07) is 0. The van der Waals surface area contributed by atoms with Crippen molar-refractivity contribution in [1.82, 2.24) is 9.80 Å². The second-order valence-corrected chi connectivity index (χ2v) is 8.07. The lowest BCUT2D eigenvalue weighted by Gasteiger charge is -2.45. The number of hydrogen-bond donors (Lipinski definition) is 1. The first-order valence-corrected chi connectivity index (χ1v) is 9.61. The number of nitrogens with zero attached hydrogens (tertiary/aromatic N) is 2. The highest BCUT2D eigenvalue weighted by Gasteiger charge is 2.46. The molecule has 1 atom stereocenters. The quantitative estimate of drug-likeness (QED) is 0.828. The zero-order valence-corrected chi connectivity index (χ0v) is 14.5. The van der Waals surface area contributed by atoms with Crippen molar-refractivity contribution in [1.29, 1.82) is 0 Å². The summed E-state index contributed by atoms with van der Waals surface area (Å²) in [4.78, 5) is 17.0. The molecule has 1 amide bonds. The minimum Gasteiger partial charge on any atom is -0.379 e. The van der Waals surface area contributed by atoms with Crippen LogP contribution in [-0.4, -0.2) is 78.1 Å². The molecular formula is C18H30N2O4. The largest absolute Gasteiger partial charge is 0.379 e. The van der Waals surface area contributed by atoms with Gasteiger partial charge in [0.2, 0.25) is 0 Å². The molecule has 0 bridgehead atoms. The van der Waals surface area contributed by atoms with Crippen LogP contribution in [0.15, 0.2) is 0 Å². The van der Waals surface area contributed by atoms with Gasteiger partial charge in [-0.25, -0.2) is 0 Å². The average Bonchev–Trinajstić information content (AvgIpc) is 2.98. The lowest BCUT2D eigenvalue weighted by atomic mass is 9.83. The molecule has 24 heavy (non-hydrogen) atoms. The third kappa shape index (κ3) is 3.21. The van der Waals surface area contributed by atoms with E-state index in [0.29, 0.717) is 32.1 Å². The van der Waals surface area contributed by atoms with Crippen LogP contribution in [0.5, 0.6) is 0 Å². The number of rotatable bonds is 4. The van der Waals surface area contributed by atoms with Crippen LogP contribution in [0.1, 0.15) is 44.9 Å². The number of likely N-dealkylation sites (tertiary alicyclic amines) is 2. The fourth-order valence-electron chi connectivity index (χ4n) is 4.58. The van der Waals surface area contributed by atoms with Crippen LogP contribution in [0.4, 0.5) is 0 Å². The smallest absolute Gasteiger partial charge is 0.255 e. The Morgan fingerprint density at radius 1 is 1.04 bits per heavy atom. The number of ether oxygens (including phenoxy) is 2. The van der Waals surface area contributed by atoms with E-state index in [9.17, 15) is 9.90 Å². The lowest BCUT2D eigenvalue weighted by molar-refractivity contribution is -0.191. The summed E-state index contributed by atoms with van der Waals surface area (Å²) in [5.74, 6) is 0.212. The molecule has 0 aromatic carbocycles. The maximum atomic E-state index is 12.8. The van der Waals surface area contributed by atoms with Crippen LogP contribution < -0.4 is 0 Å². The minimum atomic E-state index is -1.20. The van der Waals surface area contributed by atoms with E-state index < -0.39 is 11.4 Å². The zero-order valence-electron chi connectivity index (χ0n) is 14.5. The molecule has 0 aromatic heterocycles. The Balaban J connectivity index is 1.33. The molecule has 3 aliphatic heterocycles. The molecule has 1 spiro atoms. The summed E-state index contributed by atoms with van der Waals surface area (Å²) in [7, 11) is 0. The Labute approximate surface area is 144 Å². The average molecular weight is 338 g/mol. The molecule has 1 unspecified atom stereocenters. The maximum Gasteiger partial charge on any atom is 0.255 e. The second-order valence-electron chi connectivity index (χ2n) is 8.07. The van der Waals surface area contributed by atoms with Crippen molar-refractivity contribution < 1.29 is 19.4 Å². The van der Waals surface area contributed by atoms with Gasteiger partial charge in [-0.1, -0.05) is 6.42 Å². The number of piperidine rings is 2. The van der Waals surface area contributed by atoms with Gasteiger partial charge in [-0.3, -0.25) is 9.69 Å². The third-order valence-corrected chi connectivity index (χ3v) is 6.32. The van der Waals surface area contributed by atoms with E-state index in [1.54, 1.807) is 0 Å². The number of hydrogen-bond acceptors (Lipinski definition) is 5. The molecule has 1 N–H and O–H groups in total.